The second-order valence-corrected chi connectivity index (χ2v) is 8.21. The molecule has 1 aromatic carbocycles. The number of carbonyl (C=O) groups excluding carboxylic acids is 1. The van der Waals surface area contributed by atoms with Gasteiger partial charge in [-0.05, 0) is 56.2 Å². The molecule has 2 aliphatic heterocycles. The number of nitrogens with zero attached hydrogens (tertiary/aromatic N) is 3. The highest BCUT2D eigenvalue weighted by Gasteiger charge is 2.21. The Balaban J connectivity index is 1.55. The van der Waals surface area contributed by atoms with Crippen LogP contribution < -0.4 is 4.90 Å². The van der Waals surface area contributed by atoms with Crippen LogP contribution in [0.15, 0.2) is 18.2 Å². The van der Waals surface area contributed by atoms with Crippen LogP contribution in [0.5, 0.6) is 0 Å². The first kappa shape index (κ1) is 15.9. The summed E-state index contributed by atoms with van der Waals surface area (Å²) in [4.78, 5) is 21.9. The van der Waals surface area contributed by atoms with Crippen LogP contribution in [0.25, 0.3) is 10.2 Å². The van der Waals surface area contributed by atoms with Gasteiger partial charge in [0.05, 0.1) is 10.2 Å². The molecule has 2 aliphatic rings. The third-order valence-electron chi connectivity index (χ3n) is 5.32. The van der Waals surface area contributed by atoms with Gasteiger partial charge in [0.1, 0.15) is 0 Å². The zero-order chi connectivity index (χ0) is 16.5. The molecule has 0 N–H and O–H groups in total. The van der Waals surface area contributed by atoms with E-state index in [0.29, 0.717) is 0 Å². The minimum atomic E-state index is 0.179. The molecule has 5 heteroatoms. The largest absolute Gasteiger partial charge is 0.348 e. The van der Waals surface area contributed by atoms with Crippen LogP contribution in [-0.4, -0.2) is 42.0 Å². The molecular formula is C19H25N3OS. The minimum Gasteiger partial charge on any atom is -0.348 e. The van der Waals surface area contributed by atoms with Crippen LogP contribution in [0.4, 0.5) is 5.13 Å². The number of rotatable bonds is 2. The molecule has 2 fully saturated rings. The molecular weight excluding hydrogens is 318 g/mol. The summed E-state index contributed by atoms with van der Waals surface area (Å²) in [5.74, 6) is 1.00. The summed E-state index contributed by atoms with van der Waals surface area (Å²) >= 11 is 1.73. The fourth-order valence-corrected chi connectivity index (χ4v) is 4.72. The van der Waals surface area contributed by atoms with Gasteiger partial charge < -0.3 is 9.80 Å². The van der Waals surface area contributed by atoms with Gasteiger partial charge in [0.2, 0.25) is 0 Å². The average Bonchev–Trinajstić information content (AvgIpc) is 3.05. The fourth-order valence-electron chi connectivity index (χ4n) is 3.66. The van der Waals surface area contributed by atoms with E-state index in [4.69, 9.17) is 4.98 Å². The van der Waals surface area contributed by atoms with Crippen molar-refractivity contribution in [2.75, 3.05) is 31.1 Å². The van der Waals surface area contributed by atoms with Crippen LogP contribution in [0, 0.1) is 5.92 Å². The van der Waals surface area contributed by atoms with Gasteiger partial charge in [0.15, 0.2) is 5.13 Å². The van der Waals surface area contributed by atoms with Crippen LogP contribution in [-0.2, 0) is 0 Å². The lowest BCUT2D eigenvalue weighted by Crippen LogP contribution is -2.35. The van der Waals surface area contributed by atoms with E-state index in [9.17, 15) is 4.79 Å². The summed E-state index contributed by atoms with van der Waals surface area (Å²) in [5, 5.41) is 1.11. The lowest BCUT2D eigenvalue weighted by molar-refractivity contribution is 0.0724. The molecule has 128 valence electrons. The first-order chi connectivity index (χ1) is 11.7. The maximum absolute atomic E-state index is 12.7. The van der Waals surface area contributed by atoms with E-state index in [1.807, 2.05) is 23.1 Å². The van der Waals surface area contributed by atoms with Crippen molar-refractivity contribution in [2.45, 2.75) is 39.0 Å². The molecule has 0 aliphatic carbocycles. The number of benzene rings is 1. The standard InChI is InChI=1S/C19H25N3OS/c1-14-7-11-22(12-8-14)19-20-16-6-5-15(13-17(16)24-19)18(23)21-9-3-2-4-10-21/h5-6,13-14H,2-4,7-12H2,1H3. The van der Waals surface area contributed by atoms with Crippen LogP contribution >= 0.6 is 11.3 Å². The maximum Gasteiger partial charge on any atom is 0.253 e. The van der Waals surface area contributed by atoms with Crippen molar-refractivity contribution in [1.82, 2.24) is 9.88 Å². The monoisotopic (exact) mass is 343 g/mol. The zero-order valence-electron chi connectivity index (χ0n) is 14.3. The Morgan fingerprint density at radius 2 is 1.88 bits per heavy atom. The van der Waals surface area contributed by atoms with Crippen LogP contribution in [0.3, 0.4) is 0 Å². The fraction of sp³-hybridized carbons (Fsp3) is 0.579. The highest BCUT2D eigenvalue weighted by molar-refractivity contribution is 7.22. The van der Waals surface area contributed by atoms with E-state index in [2.05, 4.69) is 11.8 Å². The van der Waals surface area contributed by atoms with E-state index >= 15 is 0 Å². The predicted molar refractivity (Wildman–Crippen MR) is 100.0 cm³/mol. The summed E-state index contributed by atoms with van der Waals surface area (Å²) in [6.45, 7) is 6.32. The number of amides is 1. The molecule has 0 spiro atoms. The van der Waals surface area contributed by atoms with Gasteiger partial charge in [-0.2, -0.15) is 0 Å². The molecule has 0 radical (unpaired) electrons. The molecule has 1 amide bonds. The smallest absolute Gasteiger partial charge is 0.253 e. The number of aromatic nitrogens is 1. The first-order valence-corrected chi connectivity index (χ1v) is 9.97. The summed E-state index contributed by atoms with van der Waals surface area (Å²) in [6, 6.07) is 6.00. The lowest BCUT2D eigenvalue weighted by atomic mass is 10.00. The Kier molecular flexibility index (Phi) is 4.44. The van der Waals surface area contributed by atoms with E-state index in [0.717, 1.165) is 65.9 Å². The van der Waals surface area contributed by atoms with Crippen LogP contribution in [0.1, 0.15) is 49.4 Å². The molecule has 3 heterocycles. The average molecular weight is 343 g/mol. The van der Waals surface area contributed by atoms with Crippen molar-refractivity contribution in [3.05, 3.63) is 23.8 Å². The third kappa shape index (κ3) is 3.14. The van der Waals surface area contributed by atoms with Crippen molar-refractivity contribution in [1.29, 1.82) is 0 Å². The topological polar surface area (TPSA) is 36.4 Å². The zero-order valence-corrected chi connectivity index (χ0v) is 15.1. The summed E-state index contributed by atoms with van der Waals surface area (Å²) in [5.41, 5.74) is 1.83. The quantitative estimate of drug-likeness (QED) is 0.821. The van der Waals surface area contributed by atoms with Gasteiger partial charge in [-0.25, -0.2) is 4.98 Å². The van der Waals surface area contributed by atoms with Crippen molar-refractivity contribution in [3.8, 4) is 0 Å². The number of fused-ring (bicyclic) bond motifs is 1. The molecule has 4 nitrogen and oxygen atoms in total. The second kappa shape index (κ2) is 6.71. The molecule has 4 rings (SSSR count). The van der Waals surface area contributed by atoms with E-state index in [1.165, 1.54) is 19.3 Å². The highest BCUT2D eigenvalue weighted by atomic mass is 32.1. The van der Waals surface area contributed by atoms with Crippen LogP contribution in [0.2, 0.25) is 0 Å². The van der Waals surface area contributed by atoms with E-state index in [-0.39, 0.29) is 5.91 Å². The first-order valence-electron chi connectivity index (χ1n) is 9.15. The van der Waals surface area contributed by atoms with E-state index in [1.54, 1.807) is 11.3 Å². The Bertz CT molecular complexity index is 727. The number of hydrogen-bond acceptors (Lipinski definition) is 4. The minimum absolute atomic E-state index is 0.179. The highest BCUT2D eigenvalue weighted by Crippen LogP contribution is 2.32. The molecule has 2 saturated heterocycles. The lowest BCUT2D eigenvalue weighted by Gasteiger charge is -2.29. The molecule has 24 heavy (non-hydrogen) atoms. The summed E-state index contributed by atoms with van der Waals surface area (Å²) < 4.78 is 1.13. The number of hydrogen-bond donors (Lipinski definition) is 0. The number of carbonyl (C=O) groups is 1. The Morgan fingerprint density at radius 1 is 1.12 bits per heavy atom. The number of piperidine rings is 2. The Morgan fingerprint density at radius 3 is 2.62 bits per heavy atom. The van der Waals surface area contributed by atoms with Crippen molar-refractivity contribution >= 4 is 32.6 Å². The maximum atomic E-state index is 12.7. The number of thiazole rings is 1. The molecule has 0 saturated carbocycles. The Hall–Kier alpha value is -1.62. The van der Waals surface area contributed by atoms with Gasteiger partial charge in [-0.15, -0.1) is 0 Å². The van der Waals surface area contributed by atoms with Gasteiger partial charge in [-0.1, -0.05) is 18.3 Å². The van der Waals surface area contributed by atoms with Crippen molar-refractivity contribution < 1.29 is 4.79 Å². The van der Waals surface area contributed by atoms with Gasteiger partial charge in [0, 0.05) is 31.7 Å². The summed E-state index contributed by atoms with van der Waals surface area (Å²) in [6.07, 6.45) is 6.00. The normalized spacial score (nSPS) is 19.9. The molecule has 0 atom stereocenters. The molecule has 2 aromatic rings. The number of likely N-dealkylation sites (tertiary alicyclic amines) is 1. The number of anilines is 1. The van der Waals surface area contributed by atoms with Gasteiger partial charge >= 0.3 is 0 Å². The molecule has 1 aromatic heterocycles. The van der Waals surface area contributed by atoms with Gasteiger partial charge in [-0.3, -0.25) is 4.79 Å². The van der Waals surface area contributed by atoms with E-state index < -0.39 is 0 Å². The SMILES string of the molecule is CC1CCN(c2nc3ccc(C(=O)N4CCCCC4)cc3s2)CC1. The van der Waals surface area contributed by atoms with Crippen molar-refractivity contribution in [3.63, 3.8) is 0 Å². The second-order valence-electron chi connectivity index (χ2n) is 7.20. The van der Waals surface area contributed by atoms with Gasteiger partial charge in [0.25, 0.3) is 5.91 Å². The molecule has 0 bridgehead atoms. The molecule has 0 unspecified atom stereocenters. The predicted octanol–water partition coefficient (Wildman–Crippen LogP) is 4.16. The Labute approximate surface area is 147 Å². The van der Waals surface area contributed by atoms with Crippen molar-refractivity contribution in [2.24, 2.45) is 5.92 Å². The summed E-state index contributed by atoms with van der Waals surface area (Å²) in [7, 11) is 0. The third-order valence-corrected chi connectivity index (χ3v) is 6.40.